The van der Waals surface area contributed by atoms with Gasteiger partial charge in [-0.25, -0.2) is 0 Å². The molecule has 1 aliphatic rings. The van der Waals surface area contributed by atoms with Gasteiger partial charge in [-0.2, -0.15) is 5.26 Å². The van der Waals surface area contributed by atoms with E-state index < -0.39 is 5.54 Å². The van der Waals surface area contributed by atoms with Crippen LogP contribution in [0.25, 0.3) is 0 Å². The molecule has 1 amide bonds. The first-order valence-corrected chi connectivity index (χ1v) is 6.44. The number of rotatable bonds is 2. The smallest absolute Gasteiger partial charge is 0.265 e. The first-order chi connectivity index (χ1) is 8.15. The van der Waals surface area contributed by atoms with Crippen molar-refractivity contribution < 1.29 is 4.79 Å². The number of amides is 1. The van der Waals surface area contributed by atoms with Crippen molar-refractivity contribution in [3.63, 3.8) is 0 Å². The lowest BCUT2D eigenvalue weighted by Crippen LogP contribution is -2.49. The molecule has 1 aromatic rings. The largest absolute Gasteiger partial charge is 0.333 e. The fourth-order valence-electron chi connectivity index (χ4n) is 2.07. The van der Waals surface area contributed by atoms with E-state index in [1.54, 1.807) is 0 Å². The molecule has 0 aliphatic heterocycles. The van der Waals surface area contributed by atoms with Crippen molar-refractivity contribution >= 4 is 17.4 Å². The molecular formula is C11H14N4OS. The zero-order valence-corrected chi connectivity index (χ0v) is 10.5. The fourth-order valence-corrected chi connectivity index (χ4v) is 2.48. The lowest BCUT2D eigenvalue weighted by Gasteiger charge is -2.34. The second-order valence-electron chi connectivity index (χ2n) is 4.61. The van der Waals surface area contributed by atoms with Crippen molar-refractivity contribution in [2.24, 2.45) is 5.92 Å². The summed E-state index contributed by atoms with van der Waals surface area (Å²) >= 11 is 1.05. The third kappa shape index (κ3) is 2.61. The van der Waals surface area contributed by atoms with E-state index in [0.29, 0.717) is 10.8 Å². The minimum absolute atomic E-state index is 0.240. The first kappa shape index (κ1) is 12.0. The maximum Gasteiger partial charge on any atom is 0.265 e. The summed E-state index contributed by atoms with van der Waals surface area (Å²) in [4.78, 5) is 12.3. The highest BCUT2D eigenvalue weighted by Crippen LogP contribution is 2.31. The van der Waals surface area contributed by atoms with E-state index in [4.69, 9.17) is 0 Å². The zero-order chi connectivity index (χ0) is 12.3. The molecule has 1 fully saturated rings. The Morgan fingerprint density at radius 1 is 1.65 bits per heavy atom. The summed E-state index contributed by atoms with van der Waals surface area (Å²) in [5, 5.41) is 15.7. The minimum Gasteiger partial charge on any atom is -0.333 e. The highest BCUT2D eigenvalue weighted by Gasteiger charge is 2.36. The maximum atomic E-state index is 11.9. The van der Waals surface area contributed by atoms with E-state index >= 15 is 0 Å². The monoisotopic (exact) mass is 250 g/mol. The summed E-state index contributed by atoms with van der Waals surface area (Å²) < 4.78 is 3.64. The van der Waals surface area contributed by atoms with Gasteiger partial charge in [0.1, 0.15) is 10.4 Å². The molecule has 1 aromatic heterocycles. The number of hydrogen-bond donors (Lipinski definition) is 1. The molecule has 6 heteroatoms. The molecule has 0 bridgehead atoms. The van der Waals surface area contributed by atoms with Gasteiger partial charge in [-0.05, 0) is 43.1 Å². The van der Waals surface area contributed by atoms with Crippen molar-refractivity contribution in [2.75, 3.05) is 0 Å². The topological polar surface area (TPSA) is 78.7 Å². The van der Waals surface area contributed by atoms with Crippen LogP contribution in [-0.4, -0.2) is 21.0 Å². The number of nitrogens with zero attached hydrogens (tertiary/aromatic N) is 3. The molecule has 0 saturated heterocycles. The summed E-state index contributed by atoms with van der Waals surface area (Å²) in [6.07, 6.45) is 4.84. The van der Waals surface area contributed by atoms with Gasteiger partial charge < -0.3 is 5.32 Å². The molecule has 17 heavy (non-hydrogen) atoms. The molecule has 90 valence electrons. The first-order valence-electron chi connectivity index (χ1n) is 5.66. The zero-order valence-electron chi connectivity index (χ0n) is 9.64. The molecule has 0 spiro atoms. The van der Waals surface area contributed by atoms with Crippen LogP contribution in [0.1, 0.15) is 42.3 Å². The average Bonchev–Trinajstić information content (AvgIpc) is 2.86. The van der Waals surface area contributed by atoms with E-state index in [-0.39, 0.29) is 5.91 Å². The number of carbonyl (C=O) groups is 1. The number of nitriles is 1. The third-order valence-electron chi connectivity index (χ3n) is 3.28. The highest BCUT2D eigenvalue weighted by atomic mass is 32.1. The van der Waals surface area contributed by atoms with Crippen LogP contribution < -0.4 is 5.32 Å². The van der Waals surface area contributed by atoms with Crippen LogP contribution in [0, 0.1) is 17.2 Å². The lowest BCUT2D eigenvalue weighted by atomic mass is 9.78. The predicted molar refractivity (Wildman–Crippen MR) is 63.4 cm³/mol. The van der Waals surface area contributed by atoms with Gasteiger partial charge in [0.2, 0.25) is 0 Å². The van der Waals surface area contributed by atoms with Gasteiger partial charge in [0.05, 0.1) is 12.3 Å². The van der Waals surface area contributed by atoms with Crippen LogP contribution in [-0.2, 0) is 0 Å². The standard InChI is InChI=1S/C11H14N4OS/c1-8-2-4-11(7-12,5-3-8)14-10(16)9-6-13-15-17-9/h6,8H,2-5H2,1H3,(H,14,16). The van der Waals surface area contributed by atoms with Crippen LogP contribution in [0.15, 0.2) is 6.20 Å². The van der Waals surface area contributed by atoms with E-state index in [1.165, 1.54) is 6.20 Å². The minimum atomic E-state index is -0.701. The van der Waals surface area contributed by atoms with E-state index in [0.717, 1.165) is 37.2 Å². The molecule has 1 aliphatic carbocycles. The molecule has 0 atom stereocenters. The summed E-state index contributed by atoms with van der Waals surface area (Å²) in [6.45, 7) is 2.18. The van der Waals surface area contributed by atoms with Crippen molar-refractivity contribution in [1.29, 1.82) is 5.26 Å². The second-order valence-corrected chi connectivity index (χ2v) is 5.40. The lowest BCUT2D eigenvalue weighted by molar-refractivity contribution is 0.0898. The molecule has 0 radical (unpaired) electrons. The van der Waals surface area contributed by atoms with Gasteiger partial charge in [-0.3, -0.25) is 4.79 Å². The van der Waals surface area contributed by atoms with Crippen LogP contribution in [0.5, 0.6) is 0 Å². The Balaban J connectivity index is 2.06. The van der Waals surface area contributed by atoms with Gasteiger partial charge >= 0.3 is 0 Å². The Morgan fingerprint density at radius 2 is 2.35 bits per heavy atom. The molecule has 1 N–H and O–H groups in total. The van der Waals surface area contributed by atoms with Gasteiger partial charge in [0.25, 0.3) is 5.91 Å². The Kier molecular flexibility index (Phi) is 3.38. The van der Waals surface area contributed by atoms with Crippen molar-refractivity contribution in [3.8, 4) is 6.07 Å². The average molecular weight is 250 g/mol. The van der Waals surface area contributed by atoms with Crippen molar-refractivity contribution in [2.45, 2.75) is 38.1 Å². The van der Waals surface area contributed by atoms with Crippen molar-refractivity contribution in [1.82, 2.24) is 14.9 Å². The van der Waals surface area contributed by atoms with Gasteiger partial charge in [0, 0.05) is 0 Å². The summed E-state index contributed by atoms with van der Waals surface area (Å²) in [5.74, 6) is 0.398. The summed E-state index contributed by atoms with van der Waals surface area (Å²) in [7, 11) is 0. The van der Waals surface area contributed by atoms with Gasteiger partial charge in [-0.15, -0.1) is 5.10 Å². The molecule has 5 nitrogen and oxygen atoms in total. The maximum absolute atomic E-state index is 11.9. The van der Waals surface area contributed by atoms with Crippen LogP contribution in [0.3, 0.4) is 0 Å². The van der Waals surface area contributed by atoms with Crippen LogP contribution in [0.2, 0.25) is 0 Å². The fraction of sp³-hybridized carbons (Fsp3) is 0.636. The second kappa shape index (κ2) is 4.80. The normalized spacial score (nSPS) is 28.4. The van der Waals surface area contributed by atoms with E-state index in [9.17, 15) is 10.1 Å². The number of aromatic nitrogens is 2. The molecule has 0 unspecified atom stereocenters. The van der Waals surface area contributed by atoms with Crippen molar-refractivity contribution in [3.05, 3.63) is 11.1 Å². The Bertz CT molecular complexity index is 429. The van der Waals surface area contributed by atoms with Crippen LogP contribution >= 0.6 is 11.5 Å². The molecular weight excluding hydrogens is 236 g/mol. The Labute approximate surface area is 104 Å². The molecule has 0 aromatic carbocycles. The Morgan fingerprint density at radius 3 is 2.88 bits per heavy atom. The van der Waals surface area contributed by atoms with E-state index in [2.05, 4.69) is 27.9 Å². The highest BCUT2D eigenvalue weighted by molar-refractivity contribution is 7.07. The van der Waals surface area contributed by atoms with E-state index in [1.807, 2.05) is 0 Å². The number of hydrogen-bond acceptors (Lipinski definition) is 5. The Hall–Kier alpha value is -1.48. The van der Waals surface area contributed by atoms with Crippen LogP contribution in [0.4, 0.5) is 0 Å². The number of carbonyl (C=O) groups excluding carboxylic acids is 1. The number of nitrogens with one attached hydrogen (secondary N) is 1. The predicted octanol–water partition coefficient (Wildman–Crippen LogP) is 1.74. The SMILES string of the molecule is CC1CCC(C#N)(NC(=O)c2cnns2)CC1. The third-order valence-corrected chi connectivity index (χ3v) is 3.94. The molecule has 1 saturated carbocycles. The summed E-state index contributed by atoms with van der Waals surface area (Å²) in [5.41, 5.74) is -0.701. The van der Waals surface area contributed by atoms with Gasteiger partial charge in [0.15, 0.2) is 0 Å². The summed E-state index contributed by atoms with van der Waals surface area (Å²) in [6, 6.07) is 2.26. The quantitative estimate of drug-likeness (QED) is 0.867. The molecule has 1 heterocycles. The molecule has 2 rings (SSSR count). The van der Waals surface area contributed by atoms with Gasteiger partial charge in [-0.1, -0.05) is 11.4 Å².